The largest absolute Gasteiger partial charge is 0.503 e. The Balaban J connectivity index is 0.897. The van der Waals surface area contributed by atoms with E-state index in [1.807, 2.05) is 78.9 Å². The number of likely N-dealkylation sites (tertiary alicyclic amines) is 2. The molecule has 0 unspecified atom stereocenters. The van der Waals surface area contributed by atoms with Crippen LogP contribution in [0.1, 0.15) is 126 Å². The van der Waals surface area contributed by atoms with Gasteiger partial charge in [-0.2, -0.15) is 0 Å². The number of phenols is 1. The average molecular weight is 1650 g/mol. The molecule has 120 heavy (non-hydrogen) atoms. The van der Waals surface area contributed by atoms with Crippen LogP contribution in [0.4, 0.5) is 8.78 Å². The molecule has 0 saturated carbocycles. The lowest BCUT2D eigenvalue weighted by atomic mass is 9.85. The number of rotatable bonds is 16. The summed E-state index contributed by atoms with van der Waals surface area (Å²) in [6.07, 6.45) is 1.99. The van der Waals surface area contributed by atoms with Gasteiger partial charge in [-0.25, -0.2) is 22.9 Å². The number of ketones is 1. The number of nitrogens with one attached hydrogen (secondary N) is 8. The van der Waals surface area contributed by atoms with Gasteiger partial charge in [-0.15, -0.1) is 10.2 Å². The van der Waals surface area contributed by atoms with Crippen LogP contribution < -0.4 is 52.0 Å². The topological polar surface area (TPSA) is 394 Å². The smallest absolute Gasteiger partial charge is 0.326 e. The van der Waals surface area contributed by atoms with E-state index in [-0.39, 0.29) is 70.4 Å². The fourth-order valence-corrected chi connectivity index (χ4v) is 15.2. The van der Waals surface area contributed by atoms with Crippen LogP contribution in [-0.2, 0) is 93.4 Å². The molecular weight excluding hydrogens is 1540 g/mol. The lowest BCUT2D eigenvalue weighted by Gasteiger charge is -2.36. The van der Waals surface area contributed by atoms with Gasteiger partial charge in [-0.3, -0.25) is 43.2 Å². The number of carboxylic acids is 1. The predicted molar refractivity (Wildman–Crippen MR) is 439 cm³/mol. The normalized spacial score (nSPS) is 20.9. The summed E-state index contributed by atoms with van der Waals surface area (Å²) in [6.45, 7) is 12.9. The number of carbonyl (C=O) groups excluding carboxylic acids is 9. The van der Waals surface area contributed by atoms with Crippen molar-refractivity contribution in [3.63, 3.8) is 0 Å². The Kier molecular flexibility index (Phi) is 27.2. The zero-order chi connectivity index (χ0) is 86.0. The number of nitrogens with zero attached hydrogens (tertiary/aromatic N) is 8. The standard InChI is InChI=1S/C88H102F2N16O14/c1-49(91-9)78(109)97-76(87(3,4)5)84(115)103-45-63-40-72(103)82(113)94-69(37-53-19-25-56-15-11-13-17-58(56)32-53)74(107)39-60(80(111)93-42-55-34-67(89)75(108)68(90)35-55)31-51-21-27-65(28-22-51)119-47-61-44-106(102-99-61)64-41-73(104(46-64)85(116)77(88(6,7)8)98-79(110)50(2)92-10)83(114)95-70(38-54-20-26-57-16-12-14-18-59(57)33-54)81(112)96-71(86(117)118)36-52-23-29-66(30-24-52)120-48-62-43-105(63)101-100-62/h11-30,32-35,43-44,49-50,60,63-64,69-73,76-77,91-92,108H,31,36-42,45-48H2,1-10H3,(H,93,111)(H,94,113)(H,95,114)(H,96,112)(H,97,109)(H,98,110)(H,117,118)/t49-,50-,60+,63-,64-,69-,70-,71-,72-,73-,76+,77+/m0/s1. The number of carbonyl (C=O) groups is 10. The highest BCUT2D eigenvalue weighted by atomic mass is 19.1. The van der Waals surface area contributed by atoms with E-state index >= 15 is 24.0 Å². The third kappa shape index (κ3) is 21.3. The van der Waals surface area contributed by atoms with Crippen LogP contribution in [0.5, 0.6) is 17.2 Å². The molecule has 632 valence electrons. The average Bonchev–Trinajstić information content (AvgIpc) is 1.62. The number of halogens is 2. The molecule has 32 heteroatoms. The van der Waals surface area contributed by atoms with Gasteiger partial charge in [0, 0.05) is 57.7 Å². The van der Waals surface area contributed by atoms with Crippen molar-refractivity contribution in [1.82, 2.24) is 82.3 Å². The van der Waals surface area contributed by atoms with Crippen molar-refractivity contribution in [3.8, 4) is 17.2 Å². The molecule has 8 amide bonds. The van der Waals surface area contributed by atoms with Crippen LogP contribution in [0.3, 0.4) is 0 Å². The molecule has 2 saturated heterocycles. The van der Waals surface area contributed by atoms with Crippen molar-refractivity contribution >= 4 is 80.6 Å². The lowest BCUT2D eigenvalue weighted by Crippen LogP contribution is -2.60. The van der Waals surface area contributed by atoms with Crippen LogP contribution in [0.25, 0.3) is 21.5 Å². The number of amides is 8. The van der Waals surface area contributed by atoms with Crippen LogP contribution >= 0.6 is 0 Å². The molecule has 7 aromatic carbocycles. The summed E-state index contributed by atoms with van der Waals surface area (Å²) < 4.78 is 45.0. The molecule has 0 aliphatic carbocycles. The van der Waals surface area contributed by atoms with Gasteiger partial charge >= 0.3 is 5.97 Å². The van der Waals surface area contributed by atoms with Gasteiger partial charge in [-0.1, -0.05) is 161 Å². The summed E-state index contributed by atoms with van der Waals surface area (Å²) in [4.78, 5) is 150. The highest BCUT2D eigenvalue weighted by Crippen LogP contribution is 2.35. The second-order valence-electron chi connectivity index (χ2n) is 33.4. The van der Waals surface area contributed by atoms with Crippen molar-refractivity contribution in [2.24, 2.45) is 16.7 Å². The quantitative estimate of drug-likeness (QED) is 0.0487. The molecule has 8 heterocycles. The Morgan fingerprint density at radius 3 is 1.42 bits per heavy atom. The van der Waals surface area contributed by atoms with Crippen LogP contribution in [0, 0.1) is 28.4 Å². The molecular formula is C88H102F2N16O14. The number of aliphatic carboxylic acids is 1. The number of phenolic OH excluding ortho intramolecular Hbond substituents is 1. The lowest BCUT2D eigenvalue weighted by molar-refractivity contribution is -0.145. The van der Waals surface area contributed by atoms with Gasteiger partial charge in [0.05, 0.1) is 42.6 Å². The predicted octanol–water partition coefficient (Wildman–Crippen LogP) is 6.59. The monoisotopic (exact) mass is 1640 g/mol. The van der Waals surface area contributed by atoms with Crippen molar-refractivity contribution < 1.29 is 76.4 Å². The van der Waals surface area contributed by atoms with Gasteiger partial charge in [0.15, 0.2) is 23.2 Å². The Bertz CT molecular complexity index is 5260. The molecule has 15 rings (SSSR count). The van der Waals surface area contributed by atoms with Crippen LogP contribution in [0.15, 0.2) is 158 Å². The highest BCUT2D eigenvalue weighted by Gasteiger charge is 2.49. The molecule has 0 spiro atoms. The molecule has 6 aliphatic rings. The molecule has 30 nitrogen and oxygen atoms in total. The molecule has 10 N–H and O–H groups in total. The van der Waals surface area contributed by atoms with Gasteiger partial charge in [0.1, 0.15) is 72.4 Å². The first-order valence-electron chi connectivity index (χ1n) is 40.0. The molecule has 2 fully saturated rings. The molecule has 12 bridgehead atoms. The zero-order valence-electron chi connectivity index (χ0n) is 68.6. The minimum absolute atomic E-state index is 0.0394. The van der Waals surface area contributed by atoms with Gasteiger partial charge in [0.25, 0.3) is 0 Å². The number of hydrogen-bond acceptors (Lipinski definition) is 19. The molecule has 0 radical (unpaired) electrons. The van der Waals surface area contributed by atoms with E-state index in [1.165, 1.54) is 19.2 Å². The number of benzene rings is 7. The van der Waals surface area contributed by atoms with E-state index in [0.717, 1.165) is 33.7 Å². The summed E-state index contributed by atoms with van der Waals surface area (Å²) in [5.74, 6) is -11.5. The van der Waals surface area contributed by atoms with Gasteiger partial charge in [0.2, 0.25) is 47.3 Å². The van der Waals surface area contributed by atoms with E-state index in [0.29, 0.717) is 45.1 Å². The second kappa shape index (κ2) is 37.6. The maximum atomic E-state index is 15.6. The summed E-state index contributed by atoms with van der Waals surface area (Å²) in [7, 11) is 3.20. The van der Waals surface area contributed by atoms with Crippen LogP contribution in [0.2, 0.25) is 0 Å². The Morgan fingerprint density at radius 2 is 0.975 bits per heavy atom. The zero-order valence-corrected chi connectivity index (χ0v) is 68.6. The number of likely N-dealkylation sites (N-methyl/N-ethyl adjacent to an activating group) is 2. The summed E-state index contributed by atoms with van der Waals surface area (Å²) in [5, 5.41) is 64.9. The number of ether oxygens (including phenoxy) is 2. The van der Waals surface area contributed by atoms with E-state index < -0.39 is 173 Å². The SMILES string of the molecule is CN[C@@H](C)C(=O)N[C@H](C(=O)N1C[C@@H]2C[C@H]1C(=O)N[C@@H](Cc1ccc3ccccc3c1)C(=O)C[C@H](C(=O)NCc1cc(F)c(O)c(F)c1)Cc1ccc(cc1)OCc1cn(nn1)[C@H]1C[C@@H](C(=O)N[C@@H](Cc3ccc4ccccc4c3)C(=O)N[C@H](C(=O)O)Cc3ccc(cc3)OCc3cn2nn3)N(C(=O)[C@@H](NC(=O)[C@H](C)NC)C(C)(C)C)C1)C(C)(C)C. The minimum Gasteiger partial charge on any atom is -0.503 e. The minimum atomic E-state index is -1.54. The first-order chi connectivity index (χ1) is 57.2. The first-order valence-corrected chi connectivity index (χ1v) is 40.0. The van der Waals surface area contributed by atoms with Crippen molar-refractivity contribution in [2.75, 3.05) is 27.2 Å². The fraction of sp³-hybridized carbons (Fsp3) is 0.409. The number of Topliss-reactive ketones (excluding diaryl/α,β-unsaturated/α-hetero) is 1. The summed E-state index contributed by atoms with van der Waals surface area (Å²) >= 11 is 0. The maximum Gasteiger partial charge on any atom is 0.326 e. The fourth-order valence-electron chi connectivity index (χ4n) is 15.2. The first kappa shape index (κ1) is 86.8. The van der Waals surface area contributed by atoms with E-state index in [1.54, 1.807) is 136 Å². The van der Waals surface area contributed by atoms with Crippen molar-refractivity contribution in [1.29, 1.82) is 0 Å². The van der Waals surface area contributed by atoms with E-state index in [4.69, 9.17) is 9.47 Å². The van der Waals surface area contributed by atoms with Crippen molar-refractivity contribution in [2.45, 2.75) is 187 Å². The Labute approximate surface area is 692 Å². The number of hydrogen-bond donors (Lipinski definition) is 10. The highest BCUT2D eigenvalue weighted by molar-refractivity contribution is 5.99. The number of aromatic nitrogens is 6. The molecule has 6 aliphatic heterocycles. The number of aromatic hydroxyl groups is 1. The van der Waals surface area contributed by atoms with E-state index in [9.17, 15) is 43.0 Å². The molecule has 2 aromatic heterocycles. The Hall–Kier alpha value is -12.6. The third-order valence-electron chi connectivity index (χ3n) is 22.4. The van der Waals surface area contributed by atoms with Crippen molar-refractivity contribution in [3.05, 3.63) is 209 Å². The van der Waals surface area contributed by atoms with Crippen LogP contribution in [-0.4, -0.2) is 191 Å². The summed E-state index contributed by atoms with van der Waals surface area (Å²) in [5.41, 5.74) is 1.01. The number of carboxylic acid groups (broad SMARTS) is 1. The third-order valence-corrected chi connectivity index (χ3v) is 22.4. The molecule has 9 aromatic rings. The second-order valence-corrected chi connectivity index (χ2v) is 33.4. The summed E-state index contributed by atoms with van der Waals surface area (Å²) in [6, 6.07) is 28.8. The van der Waals surface area contributed by atoms with E-state index in [2.05, 4.69) is 63.2 Å². The molecule has 12 atom stereocenters. The maximum absolute atomic E-state index is 15.6. The van der Waals surface area contributed by atoms with Gasteiger partial charge in [-0.05, 0) is 137 Å². The van der Waals surface area contributed by atoms with Gasteiger partial charge < -0.3 is 72.0 Å². The number of fused-ring (bicyclic) bond motifs is 2. The Morgan fingerprint density at radius 1 is 0.542 bits per heavy atom.